The van der Waals surface area contributed by atoms with Crippen LogP contribution in [-0.2, 0) is 16.2 Å². The highest BCUT2D eigenvalue weighted by atomic mass is 16.5. The van der Waals surface area contributed by atoms with Crippen LogP contribution in [0.1, 0.15) is 16.7 Å². The number of nitrogens with zero attached hydrogens (tertiary/aromatic N) is 1. The third-order valence-corrected chi connectivity index (χ3v) is 5.21. The second-order valence-corrected chi connectivity index (χ2v) is 7.66. The number of hydrogen-bond acceptors (Lipinski definition) is 6. The van der Waals surface area contributed by atoms with E-state index in [2.05, 4.69) is 5.32 Å². The summed E-state index contributed by atoms with van der Waals surface area (Å²) in [6.07, 6.45) is 1.38. The number of phenols is 1. The van der Waals surface area contributed by atoms with Crippen molar-refractivity contribution in [3.63, 3.8) is 0 Å². The maximum absolute atomic E-state index is 13.1. The summed E-state index contributed by atoms with van der Waals surface area (Å²) in [5, 5.41) is 11.7. The van der Waals surface area contributed by atoms with Crippen LogP contribution in [0.5, 0.6) is 17.2 Å². The molecule has 1 fully saturated rings. The number of carbonyl (C=O) groups is 3. The van der Waals surface area contributed by atoms with E-state index in [9.17, 15) is 19.5 Å². The monoisotopic (exact) mass is 458 g/mol. The van der Waals surface area contributed by atoms with E-state index in [1.807, 2.05) is 31.2 Å². The van der Waals surface area contributed by atoms with E-state index >= 15 is 0 Å². The summed E-state index contributed by atoms with van der Waals surface area (Å²) in [6, 6.07) is 17.5. The molecule has 4 rings (SSSR count). The van der Waals surface area contributed by atoms with Crippen molar-refractivity contribution in [2.45, 2.75) is 13.5 Å². The average molecular weight is 458 g/mol. The number of imide groups is 2. The van der Waals surface area contributed by atoms with Crippen molar-refractivity contribution >= 4 is 29.6 Å². The van der Waals surface area contributed by atoms with Crippen LogP contribution in [0, 0.1) is 6.92 Å². The number of anilines is 1. The number of amides is 4. The van der Waals surface area contributed by atoms with Crippen LogP contribution >= 0.6 is 0 Å². The Bertz CT molecular complexity index is 1300. The van der Waals surface area contributed by atoms with Gasteiger partial charge >= 0.3 is 6.03 Å². The van der Waals surface area contributed by atoms with E-state index in [1.54, 1.807) is 18.2 Å². The number of methoxy groups -OCH3 is 1. The third kappa shape index (κ3) is 4.75. The van der Waals surface area contributed by atoms with E-state index in [4.69, 9.17) is 9.47 Å². The molecule has 8 nitrogen and oxygen atoms in total. The van der Waals surface area contributed by atoms with Crippen LogP contribution in [0.3, 0.4) is 0 Å². The minimum atomic E-state index is -0.872. The molecule has 0 spiro atoms. The first-order chi connectivity index (χ1) is 16.4. The third-order valence-electron chi connectivity index (χ3n) is 5.21. The summed E-state index contributed by atoms with van der Waals surface area (Å²) in [6.45, 7) is 2.25. The summed E-state index contributed by atoms with van der Waals surface area (Å²) in [5.41, 5.74) is 2.49. The number of rotatable bonds is 6. The molecular formula is C26H22N2O6. The van der Waals surface area contributed by atoms with Gasteiger partial charge in [-0.2, -0.15) is 0 Å². The van der Waals surface area contributed by atoms with Crippen LogP contribution in [0.25, 0.3) is 6.08 Å². The van der Waals surface area contributed by atoms with E-state index in [0.717, 1.165) is 16.0 Å². The van der Waals surface area contributed by atoms with Crippen molar-refractivity contribution < 1.29 is 29.0 Å². The maximum atomic E-state index is 13.1. The fourth-order valence-electron chi connectivity index (χ4n) is 3.50. The number of ether oxygens (including phenoxy) is 2. The summed E-state index contributed by atoms with van der Waals surface area (Å²) in [4.78, 5) is 38.9. The molecule has 0 atom stereocenters. The van der Waals surface area contributed by atoms with Gasteiger partial charge in [0.15, 0.2) is 0 Å². The summed E-state index contributed by atoms with van der Waals surface area (Å²) in [7, 11) is 1.52. The highest BCUT2D eigenvalue weighted by Crippen LogP contribution is 2.30. The first-order valence-corrected chi connectivity index (χ1v) is 10.4. The predicted octanol–water partition coefficient (Wildman–Crippen LogP) is 3.95. The first kappa shape index (κ1) is 22.6. The van der Waals surface area contributed by atoms with Crippen LogP contribution in [0.15, 0.2) is 72.3 Å². The number of nitrogens with one attached hydrogen (secondary N) is 1. The quantitative estimate of drug-likeness (QED) is 0.428. The number of phenolic OH excluding ortho intramolecular Hbond substituents is 1. The molecule has 0 saturated carbocycles. The predicted molar refractivity (Wildman–Crippen MR) is 126 cm³/mol. The maximum Gasteiger partial charge on any atom is 0.335 e. The van der Waals surface area contributed by atoms with Crippen molar-refractivity contribution in [1.29, 1.82) is 0 Å². The number of aromatic hydroxyl groups is 1. The van der Waals surface area contributed by atoms with Gasteiger partial charge in [-0.05, 0) is 55.0 Å². The zero-order valence-corrected chi connectivity index (χ0v) is 18.6. The lowest BCUT2D eigenvalue weighted by Gasteiger charge is -2.26. The van der Waals surface area contributed by atoms with Crippen molar-refractivity contribution in [3.05, 3.63) is 89.0 Å². The zero-order valence-electron chi connectivity index (χ0n) is 18.6. The van der Waals surface area contributed by atoms with Crippen molar-refractivity contribution in [1.82, 2.24) is 5.32 Å². The SMILES string of the molecule is COc1ccc(/C=C2\C(=O)NC(=O)N(c3ccc(O)cc3)C2=O)c(OCc2cccc(C)c2)c1. The Morgan fingerprint density at radius 3 is 2.47 bits per heavy atom. The lowest BCUT2D eigenvalue weighted by molar-refractivity contribution is -0.122. The molecule has 1 aliphatic rings. The molecular weight excluding hydrogens is 436 g/mol. The van der Waals surface area contributed by atoms with Gasteiger partial charge in [-0.3, -0.25) is 14.9 Å². The van der Waals surface area contributed by atoms with Gasteiger partial charge in [0.2, 0.25) is 0 Å². The molecule has 2 N–H and O–H groups in total. The Balaban J connectivity index is 1.68. The van der Waals surface area contributed by atoms with Gasteiger partial charge in [0.05, 0.1) is 12.8 Å². The van der Waals surface area contributed by atoms with Crippen LogP contribution in [0.2, 0.25) is 0 Å². The second kappa shape index (κ2) is 9.50. The van der Waals surface area contributed by atoms with Gasteiger partial charge in [0.25, 0.3) is 11.8 Å². The van der Waals surface area contributed by atoms with E-state index in [0.29, 0.717) is 17.1 Å². The van der Waals surface area contributed by atoms with Crippen molar-refractivity contribution in [2.75, 3.05) is 12.0 Å². The molecule has 0 aliphatic carbocycles. The van der Waals surface area contributed by atoms with Crippen LogP contribution < -0.4 is 19.7 Å². The molecule has 3 aromatic rings. The average Bonchev–Trinajstić information content (AvgIpc) is 2.82. The van der Waals surface area contributed by atoms with E-state index < -0.39 is 17.8 Å². The molecule has 1 saturated heterocycles. The van der Waals surface area contributed by atoms with Crippen molar-refractivity contribution in [3.8, 4) is 17.2 Å². The Kier molecular flexibility index (Phi) is 6.31. The van der Waals surface area contributed by atoms with Gasteiger partial charge in [-0.1, -0.05) is 29.8 Å². The molecule has 4 amide bonds. The largest absolute Gasteiger partial charge is 0.508 e. The second-order valence-electron chi connectivity index (χ2n) is 7.66. The van der Waals surface area contributed by atoms with Crippen molar-refractivity contribution in [2.24, 2.45) is 0 Å². The summed E-state index contributed by atoms with van der Waals surface area (Å²) >= 11 is 0. The lowest BCUT2D eigenvalue weighted by atomic mass is 10.1. The normalized spacial score (nSPS) is 14.8. The Labute approximate surface area is 196 Å². The molecule has 0 radical (unpaired) electrons. The number of aryl methyl sites for hydroxylation is 1. The first-order valence-electron chi connectivity index (χ1n) is 10.4. The minimum Gasteiger partial charge on any atom is -0.508 e. The molecule has 34 heavy (non-hydrogen) atoms. The topological polar surface area (TPSA) is 105 Å². The number of hydrogen-bond donors (Lipinski definition) is 2. The standard InChI is InChI=1S/C26H22N2O6/c1-16-4-3-5-17(12-16)15-34-23-14-21(33-2)11-6-18(23)13-22-24(30)27-26(32)28(25(22)31)19-7-9-20(29)10-8-19/h3-14,29H,15H2,1-2H3,(H,27,30,32)/b22-13+. The molecule has 1 heterocycles. The van der Waals surface area contributed by atoms with Crippen LogP contribution in [0.4, 0.5) is 10.5 Å². The fourth-order valence-corrected chi connectivity index (χ4v) is 3.50. The molecule has 0 unspecified atom stereocenters. The Morgan fingerprint density at radius 1 is 1.00 bits per heavy atom. The highest BCUT2D eigenvalue weighted by molar-refractivity contribution is 6.39. The number of urea groups is 1. The molecule has 8 heteroatoms. The zero-order chi connectivity index (χ0) is 24.2. The van der Waals surface area contributed by atoms with Gasteiger partial charge in [-0.15, -0.1) is 0 Å². The molecule has 3 aromatic carbocycles. The van der Waals surface area contributed by atoms with Crippen LogP contribution in [-0.4, -0.2) is 30.1 Å². The van der Waals surface area contributed by atoms with Gasteiger partial charge in [0, 0.05) is 11.6 Å². The molecule has 172 valence electrons. The minimum absolute atomic E-state index is 0.0194. The lowest BCUT2D eigenvalue weighted by Crippen LogP contribution is -2.54. The summed E-state index contributed by atoms with van der Waals surface area (Å²) < 4.78 is 11.3. The van der Waals surface area contributed by atoms with E-state index in [-0.39, 0.29) is 23.6 Å². The van der Waals surface area contributed by atoms with Gasteiger partial charge in [-0.25, -0.2) is 9.69 Å². The Hall–Kier alpha value is -4.59. The van der Waals surface area contributed by atoms with Gasteiger partial charge in [0.1, 0.15) is 29.4 Å². The highest BCUT2D eigenvalue weighted by Gasteiger charge is 2.37. The van der Waals surface area contributed by atoms with E-state index in [1.165, 1.54) is 37.5 Å². The molecule has 1 aliphatic heterocycles. The molecule has 0 bridgehead atoms. The Morgan fingerprint density at radius 2 is 1.76 bits per heavy atom. The number of benzene rings is 3. The molecule has 0 aromatic heterocycles. The summed E-state index contributed by atoms with van der Waals surface area (Å²) in [5.74, 6) is -0.678. The fraction of sp³-hybridized carbons (Fsp3) is 0.115. The smallest absolute Gasteiger partial charge is 0.335 e. The number of barbiturate groups is 1. The van der Waals surface area contributed by atoms with Gasteiger partial charge < -0.3 is 14.6 Å². The number of carbonyl (C=O) groups excluding carboxylic acids is 3.